The van der Waals surface area contributed by atoms with Gasteiger partial charge in [0.05, 0.1) is 11.8 Å². The Hall–Kier alpha value is -1.65. The van der Waals surface area contributed by atoms with E-state index in [9.17, 15) is 4.79 Å². The Bertz CT molecular complexity index is 462. The minimum absolute atomic E-state index is 0.0324. The van der Waals surface area contributed by atoms with Crippen LogP contribution in [0.15, 0.2) is 30.3 Å². The number of β-amino-alcohol motifs (C(OH)–C–C–N with tert-alkyl or cyclic N) is 1. The molecule has 0 spiro atoms. The van der Waals surface area contributed by atoms with E-state index in [1.54, 1.807) is 0 Å². The first-order valence-corrected chi connectivity index (χ1v) is 5.58. The smallest absolute Gasteiger partial charge is 0.166 e. The SMILES string of the molecule is CN1CC(O)C1.O=Cc1cc2ccccc2[nH]1. The number of rotatable bonds is 1. The van der Waals surface area contributed by atoms with E-state index in [4.69, 9.17) is 5.11 Å². The molecule has 0 amide bonds. The van der Waals surface area contributed by atoms with Crippen molar-refractivity contribution in [2.24, 2.45) is 0 Å². The van der Waals surface area contributed by atoms with Gasteiger partial charge in [-0.2, -0.15) is 0 Å². The number of aromatic amines is 1. The van der Waals surface area contributed by atoms with Crippen molar-refractivity contribution in [2.75, 3.05) is 20.1 Å². The highest BCUT2D eigenvalue weighted by Gasteiger charge is 2.18. The molecular weight excluding hydrogens is 216 g/mol. The van der Waals surface area contributed by atoms with E-state index in [2.05, 4.69) is 9.88 Å². The predicted molar refractivity (Wildman–Crippen MR) is 67.2 cm³/mol. The van der Waals surface area contributed by atoms with Crippen molar-refractivity contribution in [3.63, 3.8) is 0 Å². The normalized spacial score (nSPS) is 16.1. The van der Waals surface area contributed by atoms with Gasteiger partial charge in [0.15, 0.2) is 6.29 Å². The molecule has 4 heteroatoms. The first-order valence-electron chi connectivity index (χ1n) is 5.58. The van der Waals surface area contributed by atoms with Gasteiger partial charge in [-0.15, -0.1) is 0 Å². The van der Waals surface area contributed by atoms with E-state index in [1.165, 1.54) is 0 Å². The van der Waals surface area contributed by atoms with Gasteiger partial charge in [0.2, 0.25) is 0 Å². The number of aliphatic hydroxyl groups excluding tert-OH is 1. The highest BCUT2D eigenvalue weighted by Crippen LogP contribution is 2.12. The average Bonchev–Trinajstić information content (AvgIpc) is 2.71. The number of likely N-dealkylation sites (N-methyl/N-ethyl adjacent to an activating group) is 1. The van der Waals surface area contributed by atoms with Crippen LogP contribution in [0.5, 0.6) is 0 Å². The number of carbonyl (C=O) groups excluding carboxylic acids is 1. The van der Waals surface area contributed by atoms with Crippen LogP contribution in [0.25, 0.3) is 10.9 Å². The van der Waals surface area contributed by atoms with E-state index in [1.807, 2.05) is 37.4 Å². The third kappa shape index (κ3) is 2.93. The van der Waals surface area contributed by atoms with Crippen molar-refractivity contribution in [1.82, 2.24) is 9.88 Å². The summed E-state index contributed by atoms with van der Waals surface area (Å²) in [5.41, 5.74) is 1.64. The Morgan fingerprint density at radius 3 is 2.59 bits per heavy atom. The molecule has 0 radical (unpaired) electrons. The molecule has 0 atom stereocenters. The number of aliphatic hydroxyl groups is 1. The van der Waals surface area contributed by atoms with E-state index in [-0.39, 0.29) is 6.10 Å². The van der Waals surface area contributed by atoms with Gasteiger partial charge in [0.1, 0.15) is 0 Å². The van der Waals surface area contributed by atoms with Crippen LogP contribution in [-0.2, 0) is 0 Å². The highest BCUT2D eigenvalue weighted by molar-refractivity contribution is 5.87. The summed E-state index contributed by atoms with van der Waals surface area (Å²) >= 11 is 0. The molecule has 0 aliphatic carbocycles. The molecule has 4 nitrogen and oxygen atoms in total. The number of aldehydes is 1. The summed E-state index contributed by atoms with van der Waals surface area (Å²) in [6.07, 6.45) is 0.787. The van der Waals surface area contributed by atoms with Gasteiger partial charge in [-0.1, -0.05) is 18.2 Å². The number of H-pyrrole nitrogens is 1. The van der Waals surface area contributed by atoms with Crippen LogP contribution in [0.4, 0.5) is 0 Å². The monoisotopic (exact) mass is 232 g/mol. The van der Waals surface area contributed by atoms with E-state index in [0.717, 1.165) is 30.3 Å². The van der Waals surface area contributed by atoms with Gasteiger partial charge in [0, 0.05) is 24.0 Å². The maximum absolute atomic E-state index is 10.3. The van der Waals surface area contributed by atoms with Crippen molar-refractivity contribution in [3.8, 4) is 0 Å². The van der Waals surface area contributed by atoms with Crippen LogP contribution in [0.2, 0.25) is 0 Å². The molecule has 3 rings (SSSR count). The summed E-state index contributed by atoms with van der Waals surface area (Å²) in [5.74, 6) is 0. The summed E-state index contributed by atoms with van der Waals surface area (Å²) in [6, 6.07) is 9.64. The average molecular weight is 232 g/mol. The Kier molecular flexibility index (Phi) is 3.56. The summed E-state index contributed by atoms with van der Waals surface area (Å²) < 4.78 is 0. The standard InChI is InChI=1S/C9H7NO.C4H9NO/c11-6-8-5-7-3-1-2-4-9(7)10-8;1-5-2-4(6)3-5/h1-6,10H;4,6H,2-3H2,1H3. The van der Waals surface area contributed by atoms with Crippen LogP contribution in [0, 0.1) is 0 Å². The van der Waals surface area contributed by atoms with Gasteiger partial charge >= 0.3 is 0 Å². The molecule has 0 unspecified atom stereocenters. The Morgan fingerprint density at radius 1 is 1.41 bits per heavy atom. The fourth-order valence-electron chi connectivity index (χ4n) is 1.83. The molecule has 1 aromatic carbocycles. The van der Waals surface area contributed by atoms with Crippen LogP contribution in [0.1, 0.15) is 10.5 Å². The summed E-state index contributed by atoms with van der Waals surface area (Å²) in [6.45, 7) is 1.72. The Morgan fingerprint density at radius 2 is 2.12 bits per heavy atom. The number of nitrogens with one attached hydrogen (secondary N) is 1. The number of likely N-dealkylation sites (tertiary alicyclic amines) is 1. The minimum atomic E-state index is -0.0324. The molecule has 1 saturated heterocycles. The Labute approximate surface area is 99.9 Å². The van der Waals surface area contributed by atoms with Gasteiger partial charge in [-0.25, -0.2) is 0 Å². The number of aromatic nitrogens is 1. The first-order chi connectivity index (χ1) is 8.19. The number of nitrogens with zero attached hydrogens (tertiary/aromatic N) is 1. The van der Waals surface area contributed by atoms with Crippen LogP contribution in [0.3, 0.4) is 0 Å². The molecule has 17 heavy (non-hydrogen) atoms. The fraction of sp³-hybridized carbons (Fsp3) is 0.308. The summed E-state index contributed by atoms with van der Waals surface area (Å²) in [4.78, 5) is 15.4. The molecular formula is C13H16N2O2. The maximum atomic E-state index is 10.3. The number of hydrogen-bond acceptors (Lipinski definition) is 3. The number of fused-ring (bicyclic) bond motifs is 1. The van der Waals surface area contributed by atoms with Crippen molar-refractivity contribution in [3.05, 3.63) is 36.0 Å². The molecule has 1 aliphatic heterocycles. The predicted octanol–water partition coefficient (Wildman–Crippen LogP) is 1.27. The zero-order valence-electron chi connectivity index (χ0n) is 9.76. The van der Waals surface area contributed by atoms with Gasteiger partial charge in [-0.3, -0.25) is 4.79 Å². The molecule has 2 heterocycles. The zero-order chi connectivity index (χ0) is 12.3. The third-order valence-corrected chi connectivity index (χ3v) is 2.72. The number of para-hydroxylation sites is 1. The summed E-state index contributed by atoms with van der Waals surface area (Å²) in [7, 11) is 1.99. The quantitative estimate of drug-likeness (QED) is 0.728. The molecule has 2 aromatic rings. The second-order valence-electron chi connectivity index (χ2n) is 4.30. The van der Waals surface area contributed by atoms with Crippen LogP contribution >= 0.6 is 0 Å². The largest absolute Gasteiger partial charge is 0.390 e. The second-order valence-corrected chi connectivity index (χ2v) is 4.30. The molecule has 2 N–H and O–H groups in total. The van der Waals surface area contributed by atoms with Crippen molar-refractivity contribution in [2.45, 2.75) is 6.10 Å². The topological polar surface area (TPSA) is 56.3 Å². The van der Waals surface area contributed by atoms with E-state index < -0.39 is 0 Å². The van der Waals surface area contributed by atoms with Crippen molar-refractivity contribution in [1.29, 1.82) is 0 Å². The lowest BCUT2D eigenvalue weighted by atomic mass is 10.2. The number of benzene rings is 1. The molecule has 90 valence electrons. The molecule has 1 fully saturated rings. The molecule has 0 saturated carbocycles. The lowest BCUT2D eigenvalue weighted by Gasteiger charge is -2.31. The molecule has 0 bridgehead atoms. The fourth-order valence-corrected chi connectivity index (χ4v) is 1.83. The first kappa shape index (κ1) is 11.8. The van der Waals surface area contributed by atoms with Crippen molar-refractivity contribution < 1.29 is 9.90 Å². The zero-order valence-corrected chi connectivity index (χ0v) is 9.76. The molecule has 1 aliphatic rings. The highest BCUT2D eigenvalue weighted by atomic mass is 16.3. The van der Waals surface area contributed by atoms with Crippen LogP contribution < -0.4 is 0 Å². The Balaban J connectivity index is 0.000000153. The summed E-state index contributed by atoms with van der Waals surface area (Å²) in [5, 5.41) is 9.65. The lowest BCUT2D eigenvalue weighted by molar-refractivity contribution is 0.0196. The third-order valence-electron chi connectivity index (χ3n) is 2.72. The van der Waals surface area contributed by atoms with E-state index in [0.29, 0.717) is 5.69 Å². The lowest BCUT2D eigenvalue weighted by Crippen LogP contribution is -2.47. The minimum Gasteiger partial charge on any atom is -0.390 e. The second kappa shape index (κ2) is 5.12. The van der Waals surface area contributed by atoms with Gasteiger partial charge < -0.3 is 15.0 Å². The van der Waals surface area contributed by atoms with E-state index >= 15 is 0 Å². The molecule has 1 aromatic heterocycles. The number of hydrogen-bond donors (Lipinski definition) is 2. The maximum Gasteiger partial charge on any atom is 0.166 e. The number of carbonyl (C=O) groups is 1. The van der Waals surface area contributed by atoms with Gasteiger partial charge in [-0.05, 0) is 19.2 Å². The van der Waals surface area contributed by atoms with Gasteiger partial charge in [0.25, 0.3) is 0 Å². The van der Waals surface area contributed by atoms with Crippen LogP contribution in [-0.4, -0.2) is 47.5 Å². The van der Waals surface area contributed by atoms with Crippen molar-refractivity contribution >= 4 is 17.2 Å².